The predicted molar refractivity (Wildman–Crippen MR) is 72.2 cm³/mol. The van der Waals surface area contributed by atoms with E-state index in [9.17, 15) is 4.79 Å². The van der Waals surface area contributed by atoms with Gasteiger partial charge >= 0.3 is 0 Å². The lowest BCUT2D eigenvalue weighted by molar-refractivity contribution is -0.140. The van der Waals surface area contributed by atoms with Gasteiger partial charge in [-0.2, -0.15) is 0 Å². The van der Waals surface area contributed by atoms with Crippen LogP contribution in [-0.2, 0) is 4.79 Å². The summed E-state index contributed by atoms with van der Waals surface area (Å²) >= 11 is 0. The Morgan fingerprint density at radius 3 is 2.44 bits per heavy atom. The SMILES string of the molecule is C[C@@H]1CCC[C@H](C)N1C(=O)C1NCC2CCCC21. The zero-order valence-electron chi connectivity index (χ0n) is 11.7. The highest BCUT2D eigenvalue weighted by atomic mass is 16.2. The number of likely N-dealkylation sites (tertiary alicyclic amines) is 1. The molecular formula is C15H26N2O. The van der Waals surface area contributed by atoms with Crippen molar-refractivity contribution >= 4 is 5.91 Å². The third kappa shape index (κ3) is 1.97. The van der Waals surface area contributed by atoms with E-state index >= 15 is 0 Å². The molecule has 0 radical (unpaired) electrons. The summed E-state index contributed by atoms with van der Waals surface area (Å²) in [4.78, 5) is 15.0. The predicted octanol–water partition coefficient (Wildman–Crippen LogP) is 2.16. The lowest BCUT2D eigenvalue weighted by atomic mass is 9.90. The topological polar surface area (TPSA) is 32.3 Å². The Morgan fingerprint density at radius 2 is 1.72 bits per heavy atom. The van der Waals surface area contributed by atoms with Gasteiger partial charge < -0.3 is 10.2 Å². The fraction of sp³-hybridized carbons (Fsp3) is 0.933. The summed E-state index contributed by atoms with van der Waals surface area (Å²) in [5.41, 5.74) is 0. The molecule has 2 saturated heterocycles. The normalized spacial score (nSPS) is 44.1. The smallest absolute Gasteiger partial charge is 0.240 e. The molecule has 5 atom stereocenters. The monoisotopic (exact) mass is 250 g/mol. The van der Waals surface area contributed by atoms with Gasteiger partial charge in [0.15, 0.2) is 0 Å². The summed E-state index contributed by atoms with van der Waals surface area (Å²) < 4.78 is 0. The largest absolute Gasteiger partial charge is 0.336 e. The van der Waals surface area contributed by atoms with Gasteiger partial charge in [0.2, 0.25) is 5.91 Å². The molecule has 3 rings (SSSR count). The quantitative estimate of drug-likeness (QED) is 0.773. The molecule has 0 aromatic carbocycles. The van der Waals surface area contributed by atoms with E-state index in [0.29, 0.717) is 23.9 Å². The summed E-state index contributed by atoms with van der Waals surface area (Å²) in [5.74, 6) is 1.79. The minimum atomic E-state index is 0.125. The van der Waals surface area contributed by atoms with Crippen LogP contribution in [0.4, 0.5) is 0 Å². The Labute approximate surface area is 110 Å². The second kappa shape index (κ2) is 4.84. The van der Waals surface area contributed by atoms with Gasteiger partial charge in [0.1, 0.15) is 0 Å². The van der Waals surface area contributed by atoms with E-state index in [4.69, 9.17) is 0 Å². The first-order chi connectivity index (χ1) is 8.68. The van der Waals surface area contributed by atoms with Crippen molar-refractivity contribution in [2.75, 3.05) is 6.54 Å². The highest BCUT2D eigenvalue weighted by molar-refractivity contribution is 5.83. The lowest BCUT2D eigenvalue weighted by Crippen LogP contribution is -2.54. The second-order valence-corrected chi connectivity index (χ2v) is 6.62. The number of hydrogen-bond donors (Lipinski definition) is 1. The molecule has 0 spiro atoms. The van der Waals surface area contributed by atoms with Crippen molar-refractivity contribution in [2.24, 2.45) is 11.8 Å². The third-order valence-corrected chi connectivity index (χ3v) is 5.46. The van der Waals surface area contributed by atoms with Gasteiger partial charge in [-0.25, -0.2) is 0 Å². The molecule has 2 aliphatic heterocycles. The first kappa shape index (κ1) is 12.5. The van der Waals surface area contributed by atoms with E-state index in [0.717, 1.165) is 12.5 Å². The maximum atomic E-state index is 12.8. The van der Waals surface area contributed by atoms with Crippen molar-refractivity contribution in [1.82, 2.24) is 10.2 Å². The van der Waals surface area contributed by atoms with Crippen LogP contribution in [0.3, 0.4) is 0 Å². The Morgan fingerprint density at radius 1 is 1.06 bits per heavy atom. The maximum absolute atomic E-state index is 12.8. The van der Waals surface area contributed by atoms with Crippen LogP contribution >= 0.6 is 0 Å². The number of amides is 1. The molecule has 0 aromatic rings. The first-order valence-electron chi connectivity index (χ1n) is 7.74. The summed E-state index contributed by atoms with van der Waals surface area (Å²) in [7, 11) is 0. The Bertz CT molecular complexity index is 320. The van der Waals surface area contributed by atoms with Crippen molar-refractivity contribution in [3.63, 3.8) is 0 Å². The highest BCUT2D eigenvalue weighted by Gasteiger charge is 2.45. The molecule has 1 amide bonds. The molecule has 0 aromatic heterocycles. The molecular weight excluding hydrogens is 224 g/mol. The number of hydrogen-bond acceptors (Lipinski definition) is 2. The molecule has 0 bridgehead atoms. The number of rotatable bonds is 1. The zero-order chi connectivity index (χ0) is 12.7. The Hall–Kier alpha value is -0.570. The molecule has 3 aliphatic rings. The van der Waals surface area contributed by atoms with Crippen LogP contribution in [0.25, 0.3) is 0 Å². The van der Waals surface area contributed by atoms with E-state index in [1.165, 1.54) is 38.5 Å². The average molecular weight is 250 g/mol. The summed E-state index contributed by atoms with van der Waals surface area (Å²) in [6, 6.07) is 0.993. The van der Waals surface area contributed by atoms with Gasteiger partial charge in [-0.05, 0) is 64.3 Å². The summed E-state index contributed by atoms with van der Waals surface area (Å²) in [6.45, 7) is 5.50. The zero-order valence-corrected chi connectivity index (χ0v) is 11.7. The molecule has 1 aliphatic carbocycles. The minimum absolute atomic E-state index is 0.125. The van der Waals surface area contributed by atoms with Gasteiger partial charge in [0, 0.05) is 12.1 Å². The van der Waals surface area contributed by atoms with Crippen molar-refractivity contribution < 1.29 is 4.79 Å². The van der Waals surface area contributed by atoms with Crippen LogP contribution in [0.2, 0.25) is 0 Å². The fourth-order valence-corrected chi connectivity index (χ4v) is 4.47. The second-order valence-electron chi connectivity index (χ2n) is 6.62. The van der Waals surface area contributed by atoms with Crippen LogP contribution in [0.5, 0.6) is 0 Å². The number of nitrogens with one attached hydrogen (secondary N) is 1. The molecule has 3 heteroatoms. The van der Waals surface area contributed by atoms with E-state index in [-0.39, 0.29) is 6.04 Å². The minimum Gasteiger partial charge on any atom is -0.336 e. The molecule has 3 unspecified atom stereocenters. The van der Waals surface area contributed by atoms with Crippen LogP contribution in [0, 0.1) is 11.8 Å². The van der Waals surface area contributed by atoms with E-state index < -0.39 is 0 Å². The van der Waals surface area contributed by atoms with Gasteiger partial charge in [-0.15, -0.1) is 0 Å². The standard InChI is InChI=1S/C15H26N2O/c1-10-5-3-6-11(2)17(10)15(18)14-13-8-4-7-12(13)9-16-14/h10-14,16H,3-9H2,1-2H3/t10-,11+,12?,13?,14?. The van der Waals surface area contributed by atoms with Crippen molar-refractivity contribution in [3.05, 3.63) is 0 Å². The first-order valence-corrected chi connectivity index (χ1v) is 7.74. The van der Waals surface area contributed by atoms with Crippen molar-refractivity contribution in [3.8, 4) is 0 Å². The number of fused-ring (bicyclic) bond motifs is 1. The number of carbonyl (C=O) groups excluding carboxylic acids is 1. The molecule has 3 fully saturated rings. The number of carbonyl (C=O) groups is 1. The van der Waals surface area contributed by atoms with Crippen LogP contribution in [-0.4, -0.2) is 35.5 Å². The van der Waals surface area contributed by atoms with Crippen LogP contribution in [0.15, 0.2) is 0 Å². The number of piperidine rings is 1. The molecule has 3 nitrogen and oxygen atoms in total. The van der Waals surface area contributed by atoms with Crippen LogP contribution < -0.4 is 5.32 Å². The highest BCUT2D eigenvalue weighted by Crippen LogP contribution is 2.39. The van der Waals surface area contributed by atoms with Gasteiger partial charge in [0.25, 0.3) is 0 Å². The average Bonchev–Trinajstić information content (AvgIpc) is 2.89. The molecule has 18 heavy (non-hydrogen) atoms. The lowest BCUT2D eigenvalue weighted by Gasteiger charge is -2.41. The van der Waals surface area contributed by atoms with Gasteiger partial charge in [-0.3, -0.25) is 4.79 Å². The summed E-state index contributed by atoms with van der Waals surface area (Å²) in [6.07, 6.45) is 7.53. The molecule has 102 valence electrons. The third-order valence-electron chi connectivity index (χ3n) is 5.46. The molecule has 1 saturated carbocycles. The van der Waals surface area contributed by atoms with Crippen molar-refractivity contribution in [2.45, 2.75) is 70.5 Å². The Balaban J connectivity index is 1.73. The van der Waals surface area contributed by atoms with E-state index in [1.54, 1.807) is 0 Å². The maximum Gasteiger partial charge on any atom is 0.240 e. The summed E-state index contributed by atoms with van der Waals surface area (Å²) in [5, 5.41) is 3.51. The van der Waals surface area contributed by atoms with Crippen LogP contribution in [0.1, 0.15) is 52.4 Å². The molecule has 1 N–H and O–H groups in total. The van der Waals surface area contributed by atoms with Gasteiger partial charge in [0.05, 0.1) is 6.04 Å². The van der Waals surface area contributed by atoms with E-state index in [2.05, 4.69) is 24.1 Å². The Kier molecular flexibility index (Phi) is 3.35. The van der Waals surface area contributed by atoms with Crippen molar-refractivity contribution in [1.29, 1.82) is 0 Å². The number of nitrogens with zero attached hydrogens (tertiary/aromatic N) is 1. The van der Waals surface area contributed by atoms with E-state index in [1.807, 2.05) is 0 Å². The molecule has 2 heterocycles. The fourth-order valence-electron chi connectivity index (χ4n) is 4.47. The van der Waals surface area contributed by atoms with Gasteiger partial charge in [-0.1, -0.05) is 6.42 Å².